The highest BCUT2D eigenvalue weighted by atomic mass is 16.5. The van der Waals surface area contributed by atoms with Crippen molar-refractivity contribution in [1.29, 1.82) is 0 Å². The fourth-order valence-corrected chi connectivity index (χ4v) is 3.54. The Morgan fingerprint density at radius 3 is 2.07 bits per heavy atom. The van der Waals surface area contributed by atoms with Crippen molar-refractivity contribution in [3.63, 3.8) is 0 Å². The molecule has 0 heterocycles. The van der Waals surface area contributed by atoms with Gasteiger partial charge < -0.3 is 15.2 Å². The summed E-state index contributed by atoms with van der Waals surface area (Å²) in [6.07, 6.45) is -0.192. The second-order valence-corrected chi connectivity index (χ2v) is 6.34. The highest BCUT2D eigenvalue weighted by Crippen LogP contribution is 2.46. The van der Waals surface area contributed by atoms with Gasteiger partial charge in [0.05, 0.1) is 13.0 Å². The van der Waals surface area contributed by atoms with Gasteiger partial charge in [-0.05, 0) is 29.2 Å². The van der Waals surface area contributed by atoms with E-state index in [4.69, 9.17) is 4.74 Å². The van der Waals surface area contributed by atoms with E-state index in [2.05, 4.69) is 5.32 Å². The van der Waals surface area contributed by atoms with E-state index < -0.39 is 29.8 Å². The number of hydrogen-bond donors (Lipinski definition) is 2. The number of rotatable bonds is 7. The Labute approximate surface area is 157 Å². The maximum absolute atomic E-state index is 12.3. The smallest absolute Gasteiger partial charge is 0.327 e. The predicted octanol–water partition coefficient (Wildman–Crippen LogP) is 2.71. The van der Waals surface area contributed by atoms with Crippen LogP contribution >= 0.6 is 0 Å². The van der Waals surface area contributed by atoms with Gasteiger partial charge in [-0.3, -0.25) is 9.59 Å². The molecule has 27 heavy (non-hydrogen) atoms. The molecule has 0 radical (unpaired) electrons. The molecule has 1 atom stereocenters. The fourth-order valence-electron chi connectivity index (χ4n) is 3.54. The number of carboxylic acids is 1. The van der Waals surface area contributed by atoms with E-state index in [1.165, 1.54) is 0 Å². The summed E-state index contributed by atoms with van der Waals surface area (Å²) in [4.78, 5) is 35.7. The summed E-state index contributed by atoms with van der Waals surface area (Å²) >= 11 is 0. The molecule has 6 heteroatoms. The van der Waals surface area contributed by atoms with Gasteiger partial charge in [0, 0.05) is 12.3 Å². The van der Waals surface area contributed by atoms with Crippen LogP contribution in [0.3, 0.4) is 0 Å². The molecule has 0 saturated carbocycles. The third-order valence-electron chi connectivity index (χ3n) is 4.66. The van der Waals surface area contributed by atoms with Gasteiger partial charge in [-0.15, -0.1) is 0 Å². The molecule has 0 aliphatic heterocycles. The molecular weight excluding hydrogens is 346 g/mol. The largest absolute Gasteiger partial charge is 0.480 e. The first-order chi connectivity index (χ1) is 13.0. The molecule has 0 bridgehead atoms. The lowest BCUT2D eigenvalue weighted by Crippen LogP contribution is -2.45. The molecule has 2 aromatic carbocycles. The number of benzene rings is 2. The van der Waals surface area contributed by atoms with Crippen molar-refractivity contribution < 1.29 is 24.2 Å². The van der Waals surface area contributed by atoms with E-state index in [0.29, 0.717) is 0 Å². The van der Waals surface area contributed by atoms with Gasteiger partial charge in [-0.2, -0.15) is 0 Å². The van der Waals surface area contributed by atoms with E-state index >= 15 is 0 Å². The van der Waals surface area contributed by atoms with E-state index in [1.54, 1.807) is 6.92 Å². The molecule has 0 unspecified atom stereocenters. The Morgan fingerprint density at radius 1 is 1.00 bits per heavy atom. The van der Waals surface area contributed by atoms with Gasteiger partial charge in [-0.25, -0.2) is 4.79 Å². The van der Waals surface area contributed by atoms with Crippen molar-refractivity contribution in [2.75, 3.05) is 6.61 Å². The molecule has 140 valence electrons. The number of carbonyl (C=O) groups is 3. The minimum Gasteiger partial charge on any atom is -0.480 e. The zero-order valence-corrected chi connectivity index (χ0v) is 15.0. The molecule has 0 aromatic heterocycles. The van der Waals surface area contributed by atoms with Crippen molar-refractivity contribution in [1.82, 2.24) is 5.32 Å². The van der Waals surface area contributed by atoms with Crippen LogP contribution in [0.2, 0.25) is 0 Å². The molecule has 1 aliphatic rings. The first-order valence-electron chi connectivity index (χ1n) is 8.89. The van der Waals surface area contributed by atoms with Gasteiger partial charge in [0.25, 0.3) is 0 Å². The molecular formula is C21H21NO5. The van der Waals surface area contributed by atoms with E-state index in [0.717, 1.165) is 22.3 Å². The van der Waals surface area contributed by atoms with Crippen LogP contribution < -0.4 is 5.32 Å². The number of aliphatic carboxylic acids is 1. The predicted molar refractivity (Wildman–Crippen MR) is 99.2 cm³/mol. The van der Waals surface area contributed by atoms with Crippen molar-refractivity contribution in [3.8, 4) is 11.1 Å². The normalized spacial score (nSPS) is 13.4. The first-order valence-corrected chi connectivity index (χ1v) is 8.89. The standard InChI is InChI=1S/C21H21NO5/c1-2-27-18(24)12-11-17(23)22-20(21(25)26)19-15-9-5-3-7-13(15)14-8-4-6-10-16(14)19/h3-10,19-20H,2,11-12H2,1H3,(H,22,23)(H,25,26)/t20-/m0/s1. The van der Waals surface area contributed by atoms with Crippen molar-refractivity contribution >= 4 is 17.8 Å². The third kappa shape index (κ3) is 3.84. The second kappa shape index (κ2) is 8.03. The Kier molecular flexibility index (Phi) is 5.54. The van der Waals surface area contributed by atoms with Crippen LogP contribution in [0.25, 0.3) is 11.1 Å². The number of amides is 1. The summed E-state index contributed by atoms with van der Waals surface area (Å²) in [6, 6.07) is 14.1. The summed E-state index contributed by atoms with van der Waals surface area (Å²) in [5.41, 5.74) is 3.70. The Morgan fingerprint density at radius 2 is 1.56 bits per heavy atom. The van der Waals surface area contributed by atoms with Gasteiger partial charge in [0.1, 0.15) is 6.04 Å². The van der Waals surface area contributed by atoms with Crippen molar-refractivity contribution in [3.05, 3.63) is 59.7 Å². The van der Waals surface area contributed by atoms with Crippen LogP contribution in [0.5, 0.6) is 0 Å². The minimum atomic E-state index is -1.12. The zero-order chi connectivity index (χ0) is 19.4. The monoisotopic (exact) mass is 367 g/mol. The third-order valence-corrected chi connectivity index (χ3v) is 4.66. The minimum absolute atomic E-state index is 0.0795. The Hall–Kier alpha value is -3.15. The van der Waals surface area contributed by atoms with Crippen LogP contribution in [-0.2, 0) is 19.1 Å². The zero-order valence-electron chi connectivity index (χ0n) is 15.0. The van der Waals surface area contributed by atoms with Crippen LogP contribution in [0, 0.1) is 0 Å². The average Bonchev–Trinajstić information content (AvgIpc) is 2.99. The number of carbonyl (C=O) groups excluding carboxylic acids is 2. The molecule has 0 spiro atoms. The summed E-state index contributed by atoms with van der Waals surface area (Å²) in [6.45, 7) is 1.93. The number of esters is 1. The highest BCUT2D eigenvalue weighted by molar-refractivity contribution is 5.89. The maximum Gasteiger partial charge on any atom is 0.327 e. The number of nitrogens with one attached hydrogen (secondary N) is 1. The molecule has 2 N–H and O–H groups in total. The second-order valence-electron chi connectivity index (χ2n) is 6.34. The molecule has 6 nitrogen and oxygen atoms in total. The summed E-state index contributed by atoms with van der Waals surface area (Å²) < 4.78 is 4.80. The molecule has 3 rings (SSSR count). The van der Waals surface area contributed by atoms with Crippen LogP contribution in [-0.4, -0.2) is 35.6 Å². The van der Waals surface area contributed by atoms with Gasteiger partial charge >= 0.3 is 11.9 Å². The van der Waals surface area contributed by atoms with Gasteiger partial charge in [0.15, 0.2) is 0 Å². The average molecular weight is 367 g/mol. The number of hydrogen-bond acceptors (Lipinski definition) is 4. The van der Waals surface area contributed by atoms with Crippen LogP contribution in [0.15, 0.2) is 48.5 Å². The van der Waals surface area contributed by atoms with Crippen LogP contribution in [0.4, 0.5) is 0 Å². The number of carboxylic acid groups (broad SMARTS) is 1. The van der Waals surface area contributed by atoms with Gasteiger partial charge in [-0.1, -0.05) is 48.5 Å². The van der Waals surface area contributed by atoms with Crippen LogP contribution in [0.1, 0.15) is 36.8 Å². The lowest BCUT2D eigenvalue weighted by molar-refractivity contribution is -0.145. The molecule has 0 fully saturated rings. The maximum atomic E-state index is 12.3. The summed E-state index contributed by atoms with van der Waals surface area (Å²) in [5.74, 6) is -2.56. The SMILES string of the molecule is CCOC(=O)CCC(=O)N[C@H](C(=O)O)C1c2ccccc2-c2ccccc21. The summed E-state index contributed by atoms with van der Waals surface area (Å²) in [5, 5.41) is 12.4. The molecule has 2 aromatic rings. The topological polar surface area (TPSA) is 92.7 Å². The Balaban J connectivity index is 1.84. The lowest BCUT2D eigenvalue weighted by Gasteiger charge is -2.23. The molecule has 1 amide bonds. The molecule has 1 aliphatic carbocycles. The van der Waals surface area contributed by atoms with Gasteiger partial charge in [0.2, 0.25) is 5.91 Å². The highest BCUT2D eigenvalue weighted by Gasteiger charge is 2.38. The van der Waals surface area contributed by atoms with Crippen molar-refractivity contribution in [2.45, 2.75) is 31.7 Å². The number of fused-ring (bicyclic) bond motifs is 3. The van der Waals surface area contributed by atoms with Crippen molar-refractivity contribution in [2.24, 2.45) is 0 Å². The fraction of sp³-hybridized carbons (Fsp3) is 0.286. The molecule has 0 saturated heterocycles. The van der Waals surface area contributed by atoms with E-state index in [9.17, 15) is 19.5 Å². The Bertz CT molecular complexity index is 831. The summed E-state index contributed by atoms with van der Waals surface area (Å²) in [7, 11) is 0. The van der Waals surface area contributed by atoms with E-state index in [1.807, 2.05) is 48.5 Å². The number of ether oxygens (including phenoxy) is 1. The van der Waals surface area contributed by atoms with E-state index in [-0.39, 0.29) is 19.4 Å². The lowest BCUT2D eigenvalue weighted by atomic mass is 9.89. The quantitative estimate of drug-likeness (QED) is 0.734. The first kappa shape index (κ1) is 18.6.